The van der Waals surface area contributed by atoms with E-state index >= 15 is 0 Å². The maximum atomic E-state index is 5.65. The molecular formula is C18H20N4. The van der Waals surface area contributed by atoms with Gasteiger partial charge in [0.05, 0.1) is 5.69 Å². The fourth-order valence-electron chi connectivity index (χ4n) is 2.61. The van der Waals surface area contributed by atoms with Gasteiger partial charge in [-0.2, -0.15) is 0 Å². The summed E-state index contributed by atoms with van der Waals surface area (Å²) in [6, 6.07) is 18.5. The lowest BCUT2D eigenvalue weighted by atomic mass is 10.0. The van der Waals surface area contributed by atoms with Crippen LogP contribution >= 0.6 is 0 Å². The first-order valence-corrected chi connectivity index (χ1v) is 7.56. The highest BCUT2D eigenvalue weighted by Gasteiger charge is 2.17. The lowest BCUT2D eigenvalue weighted by Crippen LogP contribution is -2.08. The second-order valence-corrected chi connectivity index (χ2v) is 5.33. The van der Waals surface area contributed by atoms with Crippen LogP contribution in [-0.2, 0) is 6.54 Å². The van der Waals surface area contributed by atoms with Crippen LogP contribution in [0.5, 0.6) is 0 Å². The van der Waals surface area contributed by atoms with Crippen molar-refractivity contribution >= 4 is 0 Å². The van der Waals surface area contributed by atoms with E-state index in [0.29, 0.717) is 6.54 Å². The summed E-state index contributed by atoms with van der Waals surface area (Å²) in [6.45, 7) is 3.54. The first-order valence-electron chi connectivity index (χ1n) is 7.56. The van der Waals surface area contributed by atoms with Gasteiger partial charge < -0.3 is 5.73 Å². The summed E-state index contributed by atoms with van der Waals surface area (Å²) in [7, 11) is 0. The van der Waals surface area contributed by atoms with Gasteiger partial charge in [0.1, 0.15) is 5.69 Å². The molecule has 0 spiro atoms. The van der Waals surface area contributed by atoms with Gasteiger partial charge in [-0.15, -0.1) is 5.10 Å². The Morgan fingerprint density at radius 1 is 1.00 bits per heavy atom. The van der Waals surface area contributed by atoms with Crippen molar-refractivity contribution < 1.29 is 0 Å². The first-order chi connectivity index (χ1) is 10.8. The molecule has 2 N–H and O–H groups in total. The third-order valence-corrected chi connectivity index (χ3v) is 3.76. The van der Waals surface area contributed by atoms with Crippen molar-refractivity contribution in [1.82, 2.24) is 15.0 Å². The highest BCUT2D eigenvalue weighted by molar-refractivity contribution is 5.79. The molecule has 3 rings (SSSR count). The lowest BCUT2D eigenvalue weighted by molar-refractivity contribution is 0.569. The lowest BCUT2D eigenvalue weighted by Gasteiger charge is -2.10. The van der Waals surface area contributed by atoms with Crippen molar-refractivity contribution in [3.8, 4) is 22.5 Å². The molecule has 0 unspecified atom stereocenters. The van der Waals surface area contributed by atoms with Crippen LogP contribution in [0.15, 0.2) is 54.6 Å². The fourth-order valence-corrected chi connectivity index (χ4v) is 2.61. The summed E-state index contributed by atoms with van der Waals surface area (Å²) in [4.78, 5) is 0. The number of nitrogens with two attached hydrogens (primary N) is 1. The number of nitrogens with zero attached hydrogens (tertiary/aromatic N) is 3. The van der Waals surface area contributed by atoms with Gasteiger partial charge in [-0.1, -0.05) is 59.8 Å². The van der Waals surface area contributed by atoms with Crippen molar-refractivity contribution in [1.29, 1.82) is 0 Å². The molecule has 0 fully saturated rings. The topological polar surface area (TPSA) is 56.7 Å². The van der Waals surface area contributed by atoms with E-state index in [0.717, 1.165) is 29.9 Å². The van der Waals surface area contributed by atoms with Gasteiger partial charge in [0.2, 0.25) is 0 Å². The molecule has 22 heavy (non-hydrogen) atoms. The quantitative estimate of drug-likeness (QED) is 0.785. The van der Waals surface area contributed by atoms with Gasteiger partial charge in [-0.05, 0) is 25.5 Å². The SMILES string of the molecule is Cc1ccccc1-c1c(-c2ccccc2)nnn1CCCN. The monoisotopic (exact) mass is 292 g/mol. The zero-order chi connectivity index (χ0) is 15.4. The summed E-state index contributed by atoms with van der Waals surface area (Å²) in [5.74, 6) is 0. The molecule has 4 heteroatoms. The van der Waals surface area contributed by atoms with E-state index in [4.69, 9.17) is 5.73 Å². The number of hydrogen-bond acceptors (Lipinski definition) is 3. The van der Waals surface area contributed by atoms with Gasteiger partial charge >= 0.3 is 0 Å². The van der Waals surface area contributed by atoms with Gasteiger partial charge in [0.25, 0.3) is 0 Å². The predicted molar refractivity (Wildman–Crippen MR) is 89.3 cm³/mol. The Morgan fingerprint density at radius 3 is 2.45 bits per heavy atom. The highest BCUT2D eigenvalue weighted by Crippen LogP contribution is 2.32. The molecule has 0 bridgehead atoms. The third-order valence-electron chi connectivity index (χ3n) is 3.76. The maximum absolute atomic E-state index is 5.65. The van der Waals surface area contributed by atoms with Crippen LogP contribution in [0.2, 0.25) is 0 Å². The van der Waals surface area contributed by atoms with E-state index in [1.165, 1.54) is 11.1 Å². The average Bonchev–Trinajstić information content (AvgIpc) is 2.98. The second kappa shape index (κ2) is 6.54. The largest absolute Gasteiger partial charge is 0.330 e. The Balaban J connectivity index is 2.16. The van der Waals surface area contributed by atoms with E-state index in [1.54, 1.807) is 0 Å². The smallest absolute Gasteiger partial charge is 0.121 e. The molecule has 1 aromatic heterocycles. The van der Waals surface area contributed by atoms with Crippen molar-refractivity contribution in [2.45, 2.75) is 19.9 Å². The molecule has 0 aliphatic carbocycles. The Kier molecular flexibility index (Phi) is 4.30. The molecule has 1 heterocycles. The Hall–Kier alpha value is -2.46. The van der Waals surface area contributed by atoms with Crippen LogP contribution in [0.1, 0.15) is 12.0 Å². The number of aryl methyl sites for hydroxylation is 2. The first kappa shape index (κ1) is 14.5. The van der Waals surface area contributed by atoms with Crippen molar-refractivity contribution in [2.24, 2.45) is 5.73 Å². The molecule has 0 amide bonds. The van der Waals surface area contributed by atoms with Crippen LogP contribution in [0.25, 0.3) is 22.5 Å². The van der Waals surface area contributed by atoms with Crippen LogP contribution in [0, 0.1) is 6.92 Å². The van der Waals surface area contributed by atoms with Gasteiger partial charge in [-0.3, -0.25) is 0 Å². The summed E-state index contributed by atoms with van der Waals surface area (Å²) in [6.07, 6.45) is 0.885. The molecule has 3 aromatic rings. The fraction of sp³-hybridized carbons (Fsp3) is 0.222. The Labute approximate surface area is 130 Å². The number of aromatic nitrogens is 3. The second-order valence-electron chi connectivity index (χ2n) is 5.33. The van der Waals surface area contributed by atoms with Crippen LogP contribution in [0.3, 0.4) is 0 Å². The molecule has 4 nitrogen and oxygen atoms in total. The summed E-state index contributed by atoms with van der Waals surface area (Å²) in [5, 5.41) is 8.79. The van der Waals surface area contributed by atoms with Crippen LogP contribution < -0.4 is 5.73 Å². The molecule has 0 radical (unpaired) electrons. The molecular weight excluding hydrogens is 272 g/mol. The standard InChI is InChI=1S/C18H20N4/c1-14-8-5-6-11-16(14)18-17(15-9-3-2-4-10-15)20-21-22(18)13-7-12-19/h2-6,8-11H,7,12-13,19H2,1H3. The van der Waals surface area contributed by atoms with E-state index in [2.05, 4.69) is 53.6 Å². The molecule has 0 aliphatic rings. The minimum Gasteiger partial charge on any atom is -0.330 e. The molecule has 0 saturated heterocycles. The summed E-state index contributed by atoms with van der Waals surface area (Å²) < 4.78 is 1.97. The van der Waals surface area contributed by atoms with E-state index in [-0.39, 0.29) is 0 Å². The maximum Gasteiger partial charge on any atom is 0.121 e. The van der Waals surface area contributed by atoms with Crippen LogP contribution in [-0.4, -0.2) is 21.5 Å². The van der Waals surface area contributed by atoms with Gasteiger partial charge in [0, 0.05) is 17.7 Å². The molecule has 0 aliphatic heterocycles. The zero-order valence-electron chi connectivity index (χ0n) is 12.7. The van der Waals surface area contributed by atoms with E-state index in [1.807, 2.05) is 22.9 Å². The highest BCUT2D eigenvalue weighted by atomic mass is 15.4. The molecule has 0 saturated carbocycles. The van der Waals surface area contributed by atoms with Crippen molar-refractivity contribution in [2.75, 3.05) is 6.54 Å². The summed E-state index contributed by atoms with van der Waals surface area (Å²) in [5.41, 5.74) is 11.1. The van der Waals surface area contributed by atoms with Gasteiger partial charge in [-0.25, -0.2) is 4.68 Å². The number of rotatable bonds is 5. The molecule has 0 atom stereocenters. The number of hydrogen-bond donors (Lipinski definition) is 1. The zero-order valence-corrected chi connectivity index (χ0v) is 12.7. The minimum absolute atomic E-state index is 0.647. The normalized spacial score (nSPS) is 10.8. The summed E-state index contributed by atoms with van der Waals surface area (Å²) >= 11 is 0. The van der Waals surface area contributed by atoms with Crippen LogP contribution in [0.4, 0.5) is 0 Å². The van der Waals surface area contributed by atoms with Crippen molar-refractivity contribution in [3.05, 3.63) is 60.2 Å². The van der Waals surface area contributed by atoms with E-state index < -0.39 is 0 Å². The predicted octanol–water partition coefficient (Wildman–Crippen LogP) is 3.27. The number of benzene rings is 2. The Morgan fingerprint density at radius 2 is 1.73 bits per heavy atom. The average molecular weight is 292 g/mol. The molecule has 112 valence electrons. The van der Waals surface area contributed by atoms with Crippen molar-refractivity contribution in [3.63, 3.8) is 0 Å². The minimum atomic E-state index is 0.647. The van der Waals surface area contributed by atoms with Gasteiger partial charge in [0.15, 0.2) is 0 Å². The third kappa shape index (κ3) is 2.78. The molecule has 2 aromatic carbocycles. The Bertz CT molecular complexity index is 747. The van der Waals surface area contributed by atoms with E-state index in [9.17, 15) is 0 Å².